The van der Waals surface area contributed by atoms with Crippen LogP contribution in [-0.2, 0) is 6.42 Å². The molecule has 1 heteroatoms. The van der Waals surface area contributed by atoms with Crippen molar-refractivity contribution in [2.75, 3.05) is 0 Å². The highest BCUT2D eigenvalue weighted by atomic mass is 16.1. The molecule has 3 aromatic rings. The van der Waals surface area contributed by atoms with Crippen molar-refractivity contribution in [3.05, 3.63) is 107 Å². The lowest BCUT2D eigenvalue weighted by Gasteiger charge is -2.17. The van der Waals surface area contributed by atoms with E-state index in [0.29, 0.717) is 0 Å². The summed E-state index contributed by atoms with van der Waals surface area (Å²) >= 11 is 0. The Morgan fingerprint density at radius 1 is 0.800 bits per heavy atom. The quantitative estimate of drug-likeness (QED) is 0.487. The van der Waals surface area contributed by atoms with Crippen LogP contribution in [0.25, 0.3) is 0 Å². The van der Waals surface area contributed by atoms with Gasteiger partial charge in [0.2, 0.25) is 0 Å². The fraction of sp³-hybridized carbons (Fsp3) is 0.208. The van der Waals surface area contributed by atoms with Crippen LogP contribution in [0.1, 0.15) is 45.8 Å². The highest BCUT2D eigenvalue weighted by molar-refractivity contribution is 6.00. The molecule has 0 bridgehead atoms. The fourth-order valence-electron chi connectivity index (χ4n) is 3.21. The SMILES string of the molecule is Cc1ccc(C(CCCc2ccccc2)C(=O)c2ccccc2)cc1. The van der Waals surface area contributed by atoms with E-state index < -0.39 is 0 Å². The van der Waals surface area contributed by atoms with Gasteiger partial charge < -0.3 is 0 Å². The maximum absolute atomic E-state index is 13.1. The maximum Gasteiger partial charge on any atom is 0.170 e. The molecule has 0 radical (unpaired) electrons. The average molecular weight is 328 g/mol. The third-order valence-electron chi connectivity index (χ3n) is 4.66. The first-order valence-corrected chi connectivity index (χ1v) is 8.94. The van der Waals surface area contributed by atoms with Crippen molar-refractivity contribution in [2.45, 2.75) is 32.1 Å². The number of hydrogen-bond donors (Lipinski definition) is 0. The van der Waals surface area contributed by atoms with E-state index in [1.807, 2.05) is 36.4 Å². The van der Waals surface area contributed by atoms with Crippen LogP contribution in [0.3, 0.4) is 0 Å². The van der Waals surface area contributed by atoms with E-state index in [9.17, 15) is 4.79 Å². The van der Waals surface area contributed by atoms with Crippen LogP contribution < -0.4 is 0 Å². The highest BCUT2D eigenvalue weighted by Crippen LogP contribution is 2.27. The number of benzene rings is 3. The zero-order valence-corrected chi connectivity index (χ0v) is 14.7. The Labute approximate surface area is 150 Å². The molecule has 126 valence electrons. The fourth-order valence-corrected chi connectivity index (χ4v) is 3.21. The molecule has 0 aliphatic rings. The monoisotopic (exact) mass is 328 g/mol. The molecule has 25 heavy (non-hydrogen) atoms. The van der Waals surface area contributed by atoms with Gasteiger partial charge in [-0.1, -0.05) is 90.5 Å². The van der Waals surface area contributed by atoms with Gasteiger partial charge in [-0.25, -0.2) is 0 Å². The topological polar surface area (TPSA) is 17.1 Å². The van der Waals surface area contributed by atoms with Crippen molar-refractivity contribution in [1.29, 1.82) is 0 Å². The number of hydrogen-bond acceptors (Lipinski definition) is 1. The molecular weight excluding hydrogens is 304 g/mol. The zero-order chi connectivity index (χ0) is 17.5. The lowest BCUT2D eigenvalue weighted by Crippen LogP contribution is -2.13. The number of carbonyl (C=O) groups is 1. The van der Waals surface area contributed by atoms with E-state index in [-0.39, 0.29) is 11.7 Å². The summed E-state index contributed by atoms with van der Waals surface area (Å²) < 4.78 is 0. The minimum atomic E-state index is -0.0771. The molecule has 0 spiro atoms. The second-order valence-electron chi connectivity index (χ2n) is 6.57. The van der Waals surface area contributed by atoms with Gasteiger partial charge in [0.25, 0.3) is 0 Å². The standard InChI is InChI=1S/C24H24O/c1-19-15-17-21(18-16-19)23(24(25)22-12-6-3-7-13-22)14-8-11-20-9-4-2-5-10-20/h2-7,9-10,12-13,15-18,23H,8,11,14H2,1H3. The first-order valence-electron chi connectivity index (χ1n) is 8.94. The van der Waals surface area contributed by atoms with Crippen molar-refractivity contribution in [3.8, 4) is 0 Å². The minimum absolute atomic E-state index is 0.0771. The second-order valence-corrected chi connectivity index (χ2v) is 6.57. The van der Waals surface area contributed by atoms with E-state index in [2.05, 4.69) is 55.5 Å². The molecule has 0 N–H and O–H groups in total. The highest BCUT2D eigenvalue weighted by Gasteiger charge is 2.21. The van der Waals surface area contributed by atoms with Crippen LogP contribution >= 0.6 is 0 Å². The van der Waals surface area contributed by atoms with Gasteiger partial charge in [0.15, 0.2) is 5.78 Å². The van der Waals surface area contributed by atoms with Crippen LogP contribution in [0.15, 0.2) is 84.9 Å². The molecule has 0 saturated carbocycles. The summed E-state index contributed by atoms with van der Waals surface area (Å²) in [7, 11) is 0. The zero-order valence-electron chi connectivity index (χ0n) is 14.7. The molecule has 0 amide bonds. The summed E-state index contributed by atoms with van der Waals surface area (Å²) in [4.78, 5) is 13.1. The number of aryl methyl sites for hydroxylation is 2. The maximum atomic E-state index is 13.1. The number of Topliss-reactive ketones (excluding diaryl/α,β-unsaturated/α-hetero) is 1. The van der Waals surface area contributed by atoms with Crippen LogP contribution in [0.2, 0.25) is 0 Å². The van der Waals surface area contributed by atoms with Crippen molar-refractivity contribution in [2.24, 2.45) is 0 Å². The molecule has 0 saturated heterocycles. The van der Waals surface area contributed by atoms with E-state index in [1.54, 1.807) is 0 Å². The van der Waals surface area contributed by atoms with Crippen molar-refractivity contribution in [3.63, 3.8) is 0 Å². The summed E-state index contributed by atoms with van der Waals surface area (Å²) in [5.74, 6) is 0.143. The molecule has 0 heterocycles. The van der Waals surface area contributed by atoms with E-state index in [4.69, 9.17) is 0 Å². The van der Waals surface area contributed by atoms with Gasteiger partial charge in [0.05, 0.1) is 0 Å². The molecular formula is C24H24O. The van der Waals surface area contributed by atoms with E-state index in [1.165, 1.54) is 11.1 Å². The van der Waals surface area contributed by atoms with Crippen molar-refractivity contribution < 1.29 is 4.79 Å². The second kappa shape index (κ2) is 8.43. The molecule has 0 aliphatic carbocycles. The molecule has 0 fully saturated rings. The number of ketones is 1. The molecule has 1 atom stereocenters. The van der Waals surface area contributed by atoms with E-state index >= 15 is 0 Å². The molecule has 3 aromatic carbocycles. The summed E-state index contributed by atoms with van der Waals surface area (Å²) in [6.07, 6.45) is 2.87. The molecule has 1 nitrogen and oxygen atoms in total. The Bertz CT molecular complexity index is 789. The summed E-state index contributed by atoms with van der Waals surface area (Å²) in [6, 6.07) is 28.5. The normalized spacial score (nSPS) is 11.9. The van der Waals surface area contributed by atoms with Gasteiger partial charge in [-0.2, -0.15) is 0 Å². The van der Waals surface area contributed by atoms with Crippen LogP contribution in [0, 0.1) is 6.92 Å². The Morgan fingerprint density at radius 2 is 1.40 bits per heavy atom. The first-order chi connectivity index (χ1) is 12.2. The van der Waals surface area contributed by atoms with Crippen LogP contribution in [0.4, 0.5) is 0 Å². The van der Waals surface area contributed by atoms with Crippen molar-refractivity contribution >= 4 is 5.78 Å². The van der Waals surface area contributed by atoms with Gasteiger partial charge in [0.1, 0.15) is 0 Å². The van der Waals surface area contributed by atoms with Crippen LogP contribution in [0.5, 0.6) is 0 Å². The lowest BCUT2D eigenvalue weighted by molar-refractivity contribution is 0.0954. The molecule has 1 unspecified atom stereocenters. The number of rotatable bonds is 7. The van der Waals surface area contributed by atoms with Crippen molar-refractivity contribution in [1.82, 2.24) is 0 Å². The van der Waals surface area contributed by atoms with Crippen LogP contribution in [-0.4, -0.2) is 5.78 Å². The summed E-state index contributed by atoms with van der Waals surface area (Å²) in [6.45, 7) is 2.08. The summed E-state index contributed by atoms with van der Waals surface area (Å²) in [5, 5.41) is 0. The third-order valence-corrected chi connectivity index (χ3v) is 4.66. The van der Waals surface area contributed by atoms with Gasteiger partial charge in [0, 0.05) is 11.5 Å². The van der Waals surface area contributed by atoms with Gasteiger partial charge >= 0.3 is 0 Å². The largest absolute Gasteiger partial charge is 0.293 e. The summed E-state index contributed by atoms with van der Waals surface area (Å²) in [5.41, 5.74) is 4.47. The lowest BCUT2D eigenvalue weighted by atomic mass is 9.86. The number of carbonyl (C=O) groups excluding carboxylic acids is 1. The van der Waals surface area contributed by atoms with E-state index in [0.717, 1.165) is 30.4 Å². The van der Waals surface area contributed by atoms with Gasteiger partial charge in [-0.15, -0.1) is 0 Å². The average Bonchev–Trinajstić information content (AvgIpc) is 2.67. The Kier molecular flexibility index (Phi) is 5.79. The molecule has 3 rings (SSSR count). The minimum Gasteiger partial charge on any atom is -0.293 e. The predicted molar refractivity (Wildman–Crippen MR) is 104 cm³/mol. The third kappa shape index (κ3) is 4.67. The smallest absolute Gasteiger partial charge is 0.170 e. The molecule has 0 aliphatic heterocycles. The Balaban J connectivity index is 1.76. The van der Waals surface area contributed by atoms with Gasteiger partial charge in [-0.05, 0) is 37.3 Å². The predicted octanol–water partition coefficient (Wildman–Crippen LogP) is 5.98. The van der Waals surface area contributed by atoms with Gasteiger partial charge in [-0.3, -0.25) is 4.79 Å². The molecule has 0 aromatic heterocycles. The Morgan fingerprint density at radius 3 is 2.04 bits per heavy atom. The Hall–Kier alpha value is -2.67. The first kappa shape index (κ1) is 17.2.